The molecule has 5 nitrogen and oxygen atoms in total. The van der Waals surface area contributed by atoms with Crippen LogP contribution < -0.4 is 4.74 Å². The molecule has 0 aliphatic carbocycles. The molecule has 0 radical (unpaired) electrons. The van der Waals surface area contributed by atoms with Crippen molar-refractivity contribution in [1.82, 2.24) is 9.88 Å². The molecule has 2 aliphatic heterocycles. The van der Waals surface area contributed by atoms with Gasteiger partial charge in [-0.1, -0.05) is 11.6 Å². The van der Waals surface area contributed by atoms with Crippen molar-refractivity contribution in [1.29, 1.82) is 0 Å². The lowest BCUT2D eigenvalue weighted by Gasteiger charge is -2.46. The molecule has 3 heterocycles. The topological polar surface area (TPSA) is 51.7 Å². The Kier molecular flexibility index (Phi) is 4.62. The molecule has 1 aromatic carbocycles. The van der Waals surface area contributed by atoms with E-state index in [1.807, 2.05) is 5.38 Å². The summed E-state index contributed by atoms with van der Waals surface area (Å²) in [6.45, 7) is 1.26. The predicted octanol–water partition coefficient (Wildman–Crippen LogP) is 3.45. The highest BCUT2D eigenvalue weighted by molar-refractivity contribution is 7.07. The van der Waals surface area contributed by atoms with Gasteiger partial charge in [-0.3, -0.25) is 4.79 Å². The zero-order valence-corrected chi connectivity index (χ0v) is 14.8. The summed E-state index contributed by atoms with van der Waals surface area (Å²) >= 11 is 7.49. The van der Waals surface area contributed by atoms with Crippen LogP contribution >= 0.6 is 22.9 Å². The molecule has 0 spiro atoms. The molecular formula is C17H16ClFN2O3S. The Morgan fingerprint density at radius 3 is 3.04 bits per heavy atom. The maximum absolute atomic E-state index is 13.2. The zero-order valence-electron chi connectivity index (χ0n) is 13.2. The highest BCUT2D eigenvalue weighted by Crippen LogP contribution is 2.39. The van der Waals surface area contributed by atoms with Gasteiger partial charge in [0.05, 0.1) is 22.3 Å². The Morgan fingerprint density at radius 1 is 1.48 bits per heavy atom. The van der Waals surface area contributed by atoms with Crippen molar-refractivity contribution in [2.45, 2.75) is 31.1 Å². The van der Waals surface area contributed by atoms with Gasteiger partial charge in [0.25, 0.3) is 5.91 Å². The smallest absolute Gasteiger partial charge is 0.267 e. The standard InChI is InChI=1S/C17H16ClFN2O3S/c18-12-6-10(19)3-4-14(12)24-16-15(13-8-25-9-20-13)21(17(16)22)7-11-2-1-5-23-11/h3-4,6,8-9,11,15-16H,1-2,5,7H2/t11-,15+,16+/m0/s1. The van der Waals surface area contributed by atoms with Crippen LogP contribution in [0.4, 0.5) is 4.39 Å². The van der Waals surface area contributed by atoms with Gasteiger partial charge < -0.3 is 14.4 Å². The van der Waals surface area contributed by atoms with E-state index in [0.717, 1.165) is 25.1 Å². The van der Waals surface area contributed by atoms with Crippen LogP contribution in [0.2, 0.25) is 5.02 Å². The first-order chi connectivity index (χ1) is 12.1. The number of carbonyl (C=O) groups excluding carboxylic acids is 1. The average Bonchev–Trinajstić information content (AvgIpc) is 3.28. The van der Waals surface area contributed by atoms with Gasteiger partial charge in [0.2, 0.25) is 6.10 Å². The summed E-state index contributed by atoms with van der Waals surface area (Å²) < 4.78 is 24.7. The van der Waals surface area contributed by atoms with E-state index in [0.29, 0.717) is 12.3 Å². The molecule has 8 heteroatoms. The van der Waals surface area contributed by atoms with E-state index in [1.165, 1.54) is 29.5 Å². The predicted molar refractivity (Wildman–Crippen MR) is 91.4 cm³/mol. The number of carbonyl (C=O) groups is 1. The minimum absolute atomic E-state index is 0.0560. The van der Waals surface area contributed by atoms with E-state index in [2.05, 4.69) is 4.98 Å². The van der Waals surface area contributed by atoms with Crippen LogP contribution in [0.15, 0.2) is 29.1 Å². The number of thiazole rings is 1. The van der Waals surface area contributed by atoms with Crippen molar-refractivity contribution >= 4 is 28.8 Å². The number of ether oxygens (including phenoxy) is 2. The van der Waals surface area contributed by atoms with Crippen LogP contribution in [0.25, 0.3) is 0 Å². The second-order valence-corrected chi connectivity index (χ2v) is 7.22. The number of amides is 1. The normalized spacial score (nSPS) is 25.9. The van der Waals surface area contributed by atoms with Gasteiger partial charge in [0.1, 0.15) is 17.6 Å². The largest absolute Gasteiger partial charge is 0.476 e. The molecule has 2 aromatic rings. The molecule has 4 rings (SSSR count). The van der Waals surface area contributed by atoms with E-state index in [4.69, 9.17) is 21.1 Å². The number of nitrogens with zero attached hydrogens (tertiary/aromatic N) is 2. The minimum atomic E-state index is -0.716. The summed E-state index contributed by atoms with van der Waals surface area (Å²) in [5.74, 6) is -0.291. The minimum Gasteiger partial charge on any atom is -0.476 e. The molecule has 2 aliphatic rings. The second kappa shape index (κ2) is 6.90. The van der Waals surface area contributed by atoms with Crippen molar-refractivity contribution in [3.63, 3.8) is 0 Å². The molecule has 0 saturated carbocycles. The third kappa shape index (κ3) is 3.23. The summed E-state index contributed by atoms with van der Waals surface area (Å²) in [5.41, 5.74) is 2.51. The Balaban J connectivity index is 1.55. The van der Waals surface area contributed by atoms with Gasteiger partial charge in [0.15, 0.2) is 0 Å². The number of β-lactam (4-membered cyclic amide) rings is 1. The third-order valence-electron chi connectivity index (χ3n) is 4.48. The number of benzene rings is 1. The van der Waals surface area contributed by atoms with Crippen molar-refractivity contribution in [3.8, 4) is 5.75 Å². The van der Waals surface area contributed by atoms with Gasteiger partial charge in [-0.05, 0) is 31.0 Å². The summed E-state index contributed by atoms with van der Waals surface area (Å²) in [5, 5.41) is 2.05. The van der Waals surface area contributed by atoms with Gasteiger partial charge >= 0.3 is 0 Å². The molecule has 2 saturated heterocycles. The zero-order chi connectivity index (χ0) is 17.4. The average molecular weight is 383 g/mol. The molecule has 1 amide bonds. The van der Waals surface area contributed by atoms with E-state index in [-0.39, 0.29) is 23.1 Å². The molecule has 0 N–H and O–H groups in total. The Labute approximate surface area is 153 Å². The van der Waals surface area contributed by atoms with Crippen molar-refractivity contribution in [3.05, 3.63) is 45.6 Å². The summed E-state index contributed by atoms with van der Waals surface area (Å²) in [6, 6.07) is 3.57. The molecule has 1 aromatic heterocycles. The molecule has 3 atom stereocenters. The SMILES string of the molecule is O=C1[C@H](Oc2ccc(F)cc2Cl)[C@@H](c2cscn2)N1C[C@@H]1CCCO1. The maximum atomic E-state index is 13.2. The van der Waals surface area contributed by atoms with Crippen molar-refractivity contribution in [2.75, 3.05) is 13.2 Å². The summed E-state index contributed by atoms with van der Waals surface area (Å²) in [6.07, 6.45) is 1.30. The van der Waals surface area contributed by atoms with Gasteiger partial charge in [-0.2, -0.15) is 0 Å². The van der Waals surface area contributed by atoms with E-state index >= 15 is 0 Å². The fraction of sp³-hybridized carbons (Fsp3) is 0.412. The van der Waals surface area contributed by atoms with E-state index in [9.17, 15) is 9.18 Å². The fourth-order valence-corrected chi connectivity index (χ4v) is 4.03. The van der Waals surface area contributed by atoms with Crippen LogP contribution in [-0.4, -0.2) is 41.2 Å². The van der Waals surface area contributed by atoms with Crippen molar-refractivity contribution in [2.24, 2.45) is 0 Å². The first-order valence-corrected chi connectivity index (χ1v) is 9.37. The number of rotatable bonds is 5. The monoisotopic (exact) mass is 382 g/mol. The second-order valence-electron chi connectivity index (χ2n) is 6.10. The van der Waals surface area contributed by atoms with E-state index < -0.39 is 11.9 Å². The molecular weight excluding hydrogens is 367 g/mol. The molecule has 2 fully saturated rings. The lowest BCUT2D eigenvalue weighted by Crippen LogP contribution is -2.62. The Hall–Kier alpha value is -1.70. The summed E-state index contributed by atoms with van der Waals surface area (Å²) in [7, 11) is 0. The maximum Gasteiger partial charge on any atom is 0.267 e. The summed E-state index contributed by atoms with van der Waals surface area (Å²) in [4.78, 5) is 18.7. The van der Waals surface area contributed by atoms with Gasteiger partial charge in [-0.25, -0.2) is 9.37 Å². The van der Waals surface area contributed by atoms with Crippen LogP contribution in [0.3, 0.4) is 0 Å². The van der Waals surface area contributed by atoms with Crippen LogP contribution in [0.5, 0.6) is 5.75 Å². The van der Waals surface area contributed by atoms with Crippen LogP contribution in [0.1, 0.15) is 24.6 Å². The molecule has 0 bridgehead atoms. The van der Waals surface area contributed by atoms with Crippen molar-refractivity contribution < 1.29 is 18.7 Å². The highest BCUT2D eigenvalue weighted by Gasteiger charge is 2.52. The molecule has 25 heavy (non-hydrogen) atoms. The van der Waals surface area contributed by atoms with Crippen LogP contribution in [-0.2, 0) is 9.53 Å². The number of hydrogen-bond acceptors (Lipinski definition) is 5. The number of hydrogen-bond donors (Lipinski definition) is 0. The Morgan fingerprint density at radius 2 is 2.36 bits per heavy atom. The number of aromatic nitrogens is 1. The molecule has 132 valence electrons. The quantitative estimate of drug-likeness (QED) is 0.743. The number of likely N-dealkylation sites (tertiary alicyclic amines) is 1. The highest BCUT2D eigenvalue weighted by atomic mass is 35.5. The lowest BCUT2D eigenvalue weighted by molar-refractivity contribution is -0.167. The lowest BCUT2D eigenvalue weighted by atomic mass is 9.94. The number of halogens is 2. The van der Waals surface area contributed by atoms with Gasteiger partial charge in [0, 0.05) is 18.5 Å². The van der Waals surface area contributed by atoms with Gasteiger partial charge in [-0.15, -0.1) is 11.3 Å². The first-order valence-electron chi connectivity index (χ1n) is 8.05. The third-order valence-corrected chi connectivity index (χ3v) is 5.38. The first kappa shape index (κ1) is 16.8. The Bertz CT molecular complexity index is 767. The molecule has 0 unspecified atom stereocenters. The fourth-order valence-electron chi connectivity index (χ4n) is 3.23. The van der Waals surface area contributed by atoms with Crippen LogP contribution in [0, 0.1) is 5.82 Å². The van der Waals surface area contributed by atoms with E-state index in [1.54, 1.807) is 10.4 Å².